The van der Waals surface area contributed by atoms with E-state index < -0.39 is 5.91 Å². The fourth-order valence-corrected chi connectivity index (χ4v) is 4.16. The lowest BCUT2D eigenvalue weighted by Crippen LogP contribution is -2.41. The quantitative estimate of drug-likeness (QED) is 0.862. The van der Waals surface area contributed by atoms with E-state index in [-0.39, 0.29) is 5.01 Å². The van der Waals surface area contributed by atoms with Crippen molar-refractivity contribution in [3.63, 3.8) is 0 Å². The van der Waals surface area contributed by atoms with Gasteiger partial charge >= 0.3 is 0 Å². The summed E-state index contributed by atoms with van der Waals surface area (Å²) in [5.41, 5.74) is 6.49. The molecule has 2 aromatic rings. The summed E-state index contributed by atoms with van der Waals surface area (Å²) in [6.45, 7) is 1.92. The summed E-state index contributed by atoms with van der Waals surface area (Å²) in [5, 5.41) is 13.2. The number of piperidine rings is 1. The molecule has 8 nitrogen and oxygen atoms in total. The molecule has 0 saturated carbocycles. The number of primary amides is 1. The maximum atomic E-state index is 11.2. The Bertz CT molecular complexity index is 712. The van der Waals surface area contributed by atoms with Crippen LogP contribution in [-0.4, -0.2) is 58.0 Å². The highest BCUT2D eigenvalue weighted by molar-refractivity contribution is 7.17. The van der Waals surface area contributed by atoms with Crippen LogP contribution in [0.2, 0.25) is 0 Å². The zero-order valence-electron chi connectivity index (χ0n) is 14.2. The van der Waals surface area contributed by atoms with E-state index in [0.717, 1.165) is 24.6 Å². The number of carbonyl (C=O) groups excluding carboxylic acids is 1. The number of aryl methyl sites for hydroxylation is 1. The molecular weight excluding hydrogens is 326 g/mol. The van der Waals surface area contributed by atoms with Crippen molar-refractivity contribution in [1.29, 1.82) is 0 Å². The SMILES string of the molecule is CN(C[C@@H]1CCCN(C)[C@H]1c1ccnn1C)c1nnc(C(N)=O)s1. The van der Waals surface area contributed by atoms with E-state index in [4.69, 9.17) is 5.73 Å². The number of aromatic nitrogens is 4. The molecule has 1 aliphatic heterocycles. The molecule has 2 atom stereocenters. The van der Waals surface area contributed by atoms with Gasteiger partial charge in [0.2, 0.25) is 10.1 Å². The number of carbonyl (C=O) groups is 1. The fourth-order valence-electron chi connectivity index (χ4n) is 3.49. The Kier molecular flexibility index (Phi) is 4.81. The second-order valence-corrected chi connectivity index (χ2v) is 7.30. The minimum atomic E-state index is -0.530. The molecule has 2 N–H and O–H groups in total. The van der Waals surface area contributed by atoms with Crippen molar-refractivity contribution in [3.05, 3.63) is 23.0 Å². The third-order valence-corrected chi connectivity index (χ3v) is 5.68. The molecular formula is C15H23N7OS. The molecule has 3 rings (SSSR count). The zero-order valence-corrected chi connectivity index (χ0v) is 15.0. The highest BCUT2D eigenvalue weighted by atomic mass is 32.1. The van der Waals surface area contributed by atoms with Gasteiger partial charge in [0, 0.05) is 26.8 Å². The zero-order chi connectivity index (χ0) is 17.3. The van der Waals surface area contributed by atoms with Gasteiger partial charge in [0.15, 0.2) is 0 Å². The number of amides is 1. The third-order valence-electron chi connectivity index (χ3n) is 4.63. The maximum absolute atomic E-state index is 11.2. The van der Waals surface area contributed by atoms with Crippen LogP contribution in [0, 0.1) is 5.92 Å². The first kappa shape index (κ1) is 16.8. The molecule has 1 saturated heterocycles. The summed E-state index contributed by atoms with van der Waals surface area (Å²) in [6, 6.07) is 2.41. The van der Waals surface area contributed by atoms with Gasteiger partial charge in [-0.1, -0.05) is 11.3 Å². The molecule has 0 aliphatic carbocycles. The van der Waals surface area contributed by atoms with E-state index in [9.17, 15) is 4.79 Å². The molecule has 0 spiro atoms. The second-order valence-electron chi connectivity index (χ2n) is 6.34. The molecule has 2 aromatic heterocycles. The third kappa shape index (κ3) is 3.27. The molecule has 24 heavy (non-hydrogen) atoms. The van der Waals surface area contributed by atoms with E-state index in [1.54, 1.807) is 0 Å². The number of anilines is 1. The Morgan fingerprint density at radius 3 is 2.88 bits per heavy atom. The lowest BCUT2D eigenvalue weighted by molar-refractivity contribution is 0.0999. The van der Waals surface area contributed by atoms with E-state index in [1.807, 2.05) is 25.0 Å². The fraction of sp³-hybridized carbons (Fsp3) is 0.600. The molecule has 130 valence electrons. The number of nitrogens with two attached hydrogens (primary N) is 1. The summed E-state index contributed by atoms with van der Waals surface area (Å²) in [4.78, 5) is 15.7. The number of likely N-dealkylation sites (tertiary alicyclic amines) is 1. The lowest BCUT2D eigenvalue weighted by Gasteiger charge is -2.40. The van der Waals surface area contributed by atoms with E-state index in [0.29, 0.717) is 12.0 Å². The maximum Gasteiger partial charge on any atom is 0.279 e. The number of nitrogens with zero attached hydrogens (tertiary/aromatic N) is 6. The monoisotopic (exact) mass is 349 g/mol. The van der Waals surface area contributed by atoms with Gasteiger partial charge in [-0.15, -0.1) is 10.2 Å². The van der Waals surface area contributed by atoms with Crippen molar-refractivity contribution in [2.24, 2.45) is 18.7 Å². The topological polar surface area (TPSA) is 93.2 Å². The van der Waals surface area contributed by atoms with Crippen molar-refractivity contribution in [1.82, 2.24) is 24.9 Å². The van der Waals surface area contributed by atoms with Gasteiger partial charge in [0.25, 0.3) is 5.91 Å². The summed E-state index contributed by atoms with van der Waals surface area (Å²) in [5.74, 6) is -0.0811. The summed E-state index contributed by atoms with van der Waals surface area (Å²) in [7, 11) is 6.14. The van der Waals surface area contributed by atoms with Crippen LogP contribution < -0.4 is 10.6 Å². The lowest BCUT2D eigenvalue weighted by atomic mass is 9.87. The van der Waals surface area contributed by atoms with Crippen molar-refractivity contribution in [2.45, 2.75) is 18.9 Å². The Morgan fingerprint density at radius 1 is 1.46 bits per heavy atom. The molecule has 1 amide bonds. The normalized spacial score (nSPS) is 21.8. The number of rotatable bonds is 5. The van der Waals surface area contributed by atoms with Gasteiger partial charge in [-0.05, 0) is 38.4 Å². The summed E-state index contributed by atoms with van der Waals surface area (Å²) < 4.78 is 1.95. The van der Waals surface area contributed by atoms with Crippen LogP contribution in [0.25, 0.3) is 0 Å². The van der Waals surface area contributed by atoms with Gasteiger partial charge in [0.05, 0.1) is 11.7 Å². The average molecular weight is 349 g/mol. The van der Waals surface area contributed by atoms with Crippen LogP contribution in [-0.2, 0) is 7.05 Å². The van der Waals surface area contributed by atoms with Crippen LogP contribution in [0.5, 0.6) is 0 Å². The Labute approximate surface area is 145 Å². The number of hydrogen-bond acceptors (Lipinski definition) is 7. The molecule has 9 heteroatoms. The van der Waals surface area contributed by atoms with Crippen LogP contribution in [0.15, 0.2) is 12.3 Å². The minimum absolute atomic E-state index is 0.251. The van der Waals surface area contributed by atoms with Crippen molar-refractivity contribution in [3.8, 4) is 0 Å². The molecule has 1 aliphatic rings. The molecule has 0 bridgehead atoms. The van der Waals surface area contributed by atoms with E-state index >= 15 is 0 Å². The summed E-state index contributed by atoms with van der Waals surface area (Å²) in [6.07, 6.45) is 4.17. The average Bonchev–Trinajstić information content (AvgIpc) is 3.17. The van der Waals surface area contributed by atoms with Gasteiger partial charge in [-0.2, -0.15) is 5.10 Å². The largest absolute Gasteiger partial charge is 0.363 e. The minimum Gasteiger partial charge on any atom is -0.363 e. The smallest absolute Gasteiger partial charge is 0.279 e. The van der Waals surface area contributed by atoms with Crippen molar-refractivity contribution < 1.29 is 4.79 Å². The Balaban J connectivity index is 1.78. The standard InChI is InChI=1S/C15H23N7OS/c1-20-8-4-5-10(12(20)11-6-7-17-22(11)3)9-21(2)15-19-18-14(24-15)13(16)23/h6-7,10,12H,4-5,8-9H2,1-3H3,(H2,16,23)/t10-,12+/m0/s1. The van der Waals surface area contributed by atoms with E-state index in [1.165, 1.54) is 23.5 Å². The molecule has 3 heterocycles. The predicted molar refractivity (Wildman–Crippen MR) is 93.0 cm³/mol. The molecule has 0 aromatic carbocycles. The summed E-state index contributed by atoms with van der Waals surface area (Å²) >= 11 is 1.24. The van der Waals surface area contributed by atoms with Crippen molar-refractivity contribution in [2.75, 3.05) is 32.1 Å². The van der Waals surface area contributed by atoms with Gasteiger partial charge in [0.1, 0.15) is 0 Å². The van der Waals surface area contributed by atoms with Crippen LogP contribution >= 0.6 is 11.3 Å². The first-order chi connectivity index (χ1) is 11.5. The van der Waals surface area contributed by atoms with Crippen molar-refractivity contribution >= 4 is 22.4 Å². The van der Waals surface area contributed by atoms with E-state index in [2.05, 4.69) is 38.2 Å². The van der Waals surface area contributed by atoms with Gasteiger partial charge in [-0.3, -0.25) is 14.4 Å². The van der Waals surface area contributed by atoms with Gasteiger partial charge in [-0.25, -0.2) is 0 Å². The Morgan fingerprint density at radius 2 is 2.25 bits per heavy atom. The van der Waals surface area contributed by atoms with Crippen LogP contribution in [0.1, 0.15) is 34.4 Å². The van der Waals surface area contributed by atoms with Crippen LogP contribution in [0.3, 0.4) is 0 Å². The number of hydrogen-bond donors (Lipinski definition) is 1. The highest BCUT2D eigenvalue weighted by Gasteiger charge is 2.33. The second kappa shape index (κ2) is 6.86. The predicted octanol–water partition coefficient (Wildman–Crippen LogP) is 0.890. The first-order valence-corrected chi connectivity index (χ1v) is 8.81. The van der Waals surface area contributed by atoms with Crippen LogP contribution in [0.4, 0.5) is 5.13 Å². The van der Waals surface area contributed by atoms with Gasteiger partial charge < -0.3 is 10.6 Å². The molecule has 1 fully saturated rings. The first-order valence-electron chi connectivity index (χ1n) is 8.00. The Hall–Kier alpha value is -2.00. The molecule has 0 unspecified atom stereocenters. The molecule has 0 radical (unpaired) electrons. The highest BCUT2D eigenvalue weighted by Crippen LogP contribution is 2.36.